The van der Waals surface area contributed by atoms with Crippen LogP contribution in [0.15, 0.2) is 29.9 Å². The van der Waals surface area contributed by atoms with Crippen LogP contribution in [0.3, 0.4) is 0 Å². The summed E-state index contributed by atoms with van der Waals surface area (Å²) in [4.78, 5) is 20.2. The van der Waals surface area contributed by atoms with Crippen LogP contribution in [0.25, 0.3) is 0 Å². The molecule has 0 aliphatic carbocycles. The number of imidazole rings is 1. The molecule has 0 N–H and O–H groups in total. The molecule has 1 amide bonds. The van der Waals surface area contributed by atoms with Crippen LogP contribution in [0.1, 0.15) is 49.4 Å². The summed E-state index contributed by atoms with van der Waals surface area (Å²) in [6, 6.07) is 4.41. The smallest absolute Gasteiger partial charge is 0.227 e. The molecule has 4 nitrogen and oxygen atoms in total. The number of thiophene rings is 1. The summed E-state index contributed by atoms with van der Waals surface area (Å²) in [7, 11) is 0. The van der Waals surface area contributed by atoms with Gasteiger partial charge in [-0.3, -0.25) is 4.79 Å². The van der Waals surface area contributed by atoms with Crippen molar-refractivity contribution in [1.82, 2.24) is 14.5 Å². The van der Waals surface area contributed by atoms with E-state index in [0.29, 0.717) is 18.4 Å². The maximum Gasteiger partial charge on any atom is 0.227 e. The van der Waals surface area contributed by atoms with Crippen LogP contribution in [-0.2, 0) is 11.2 Å². The fraction of sp³-hybridized carbons (Fsp3) is 0.529. The molecule has 0 aromatic carbocycles. The summed E-state index contributed by atoms with van der Waals surface area (Å²) in [5.41, 5.74) is 0. The van der Waals surface area contributed by atoms with Crippen LogP contribution in [-0.4, -0.2) is 33.4 Å². The van der Waals surface area contributed by atoms with Gasteiger partial charge in [0.05, 0.1) is 12.5 Å². The fourth-order valence-electron chi connectivity index (χ4n) is 3.16. The van der Waals surface area contributed by atoms with Crippen molar-refractivity contribution in [3.8, 4) is 0 Å². The Balaban J connectivity index is 1.68. The van der Waals surface area contributed by atoms with E-state index in [1.54, 1.807) is 11.3 Å². The normalized spacial score (nSPS) is 18.9. The molecule has 3 heterocycles. The Bertz CT molecular complexity index is 618. The third-order valence-corrected chi connectivity index (χ3v) is 5.14. The largest absolute Gasteiger partial charge is 0.340 e. The molecule has 118 valence electrons. The zero-order valence-electron chi connectivity index (χ0n) is 13.2. The third kappa shape index (κ3) is 3.24. The number of nitrogens with zero attached hydrogens (tertiary/aromatic N) is 3. The first-order valence-electron chi connectivity index (χ1n) is 7.98. The van der Waals surface area contributed by atoms with E-state index in [4.69, 9.17) is 0 Å². The number of amides is 1. The van der Waals surface area contributed by atoms with E-state index in [9.17, 15) is 4.79 Å². The van der Waals surface area contributed by atoms with Gasteiger partial charge >= 0.3 is 0 Å². The average Bonchev–Trinajstić information content (AvgIpc) is 3.18. The molecule has 1 atom stereocenters. The lowest BCUT2D eigenvalue weighted by Gasteiger charge is -2.34. The van der Waals surface area contributed by atoms with Gasteiger partial charge in [-0.05, 0) is 24.3 Å². The van der Waals surface area contributed by atoms with E-state index in [-0.39, 0.29) is 5.91 Å². The van der Waals surface area contributed by atoms with Crippen molar-refractivity contribution in [3.05, 3.63) is 40.6 Å². The summed E-state index contributed by atoms with van der Waals surface area (Å²) in [5, 5.41) is 2.03. The van der Waals surface area contributed by atoms with Crippen molar-refractivity contribution in [2.45, 2.75) is 45.1 Å². The van der Waals surface area contributed by atoms with Gasteiger partial charge in [-0.2, -0.15) is 0 Å². The van der Waals surface area contributed by atoms with E-state index in [1.165, 1.54) is 0 Å². The summed E-state index contributed by atoms with van der Waals surface area (Å²) < 4.78 is 2.27. The molecule has 1 saturated heterocycles. The molecular weight excluding hydrogens is 294 g/mol. The van der Waals surface area contributed by atoms with E-state index in [1.807, 2.05) is 28.6 Å². The lowest BCUT2D eigenvalue weighted by molar-refractivity contribution is -0.132. The SMILES string of the molecule is CC(C)c1nccn1C1CCCN(C(=O)Cc2cccs2)C1. The van der Waals surface area contributed by atoms with Crippen molar-refractivity contribution in [3.63, 3.8) is 0 Å². The maximum absolute atomic E-state index is 12.5. The van der Waals surface area contributed by atoms with E-state index in [2.05, 4.69) is 29.6 Å². The molecule has 0 bridgehead atoms. The Morgan fingerprint density at radius 3 is 3.09 bits per heavy atom. The lowest BCUT2D eigenvalue weighted by Crippen LogP contribution is -2.41. The Hall–Kier alpha value is -1.62. The molecule has 1 aliphatic heterocycles. The fourth-order valence-corrected chi connectivity index (χ4v) is 3.86. The van der Waals surface area contributed by atoms with Gasteiger partial charge in [0, 0.05) is 36.3 Å². The summed E-state index contributed by atoms with van der Waals surface area (Å²) >= 11 is 1.66. The van der Waals surface area contributed by atoms with Gasteiger partial charge in [0.1, 0.15) is 5.82 Å². The Morgan fingerprint density at radius 1 is 1.50 bits per heavy atom. The molecule has 2 aromatic heterocycles. The van der Waals surface area contributed by atoms with Gasteiger partial charge in [-0.15, -0.1) is 11.3 Å². The van der Waals surface area contributed by atoms with Crippen molar-refractivity contribution < 1.29 is 4.79 Å². The van der Waals surface area contributed by atoms with Crippen LogP contribution in [0.4, 0.5) is 0 Å². The first kappa shape index (κ1) is 15.3. The highest BCUT2D eigenvalue weighted by molar-refractivity contribution is 7.10. The second-order valence-electron chi connectivity index (χ2n) is 6.24. The number of carbonyl (C=O) groups is 1. The molecule has 1 aliphatic rings. The molecule has 1 fully saturated rings. The van der Waals surface area contributed by atoms with E-state index in [0.717, 1.165) is 36.6 Å². The molecule has 5 heteroatoms. The van der Waals surface area contributed by atoms with Gasteiger partial charge < -0.3 is 9.47 Å². The first-order valence-corrected chi connectivity index (χ1v) is 8.86. The molecule has 0 spiro atoms. The van der Waals surface area contributed by atoms with Crippen LogP contribution < -0.4 is 0 Å². The van der Waals surface area contributed by atoms with Crippen LogP contribution in [0, 0.1) is 0 Å². The Labute approximate surface area is 135 Å². The molecular formula is C17H23N3OS. The highest BCUT2D eigenvalue weighted by Gasteiger charge is 2.26. The van der Waals surface area contributed by atoms with Crippen LogP contribution in [0.5, 0.6) is 0 Å². The van der Waals surface area contributed by atoms with Crippen molar-refractivity contribution in [2.75, 3.05) is 13.1 Å². The van der Waals surface area contributed by atoms with Gasteiger partial charge in [-0.25, -0.2) is 4.98 Å². The zero-order valence-corrected chi connectivity index (χ0v) is 14.1. The number of carbonyl (C=O) groups excluding carboxylic acids is 1. The first-order chi connectivity index (χ1) is 10.6. The van der Waals surface area contributed by atoms with Crippen LogP contribution >= 0.6 is 11.3 Å². The summed E-state index contributed by atoms with van der Waals surface area (Å²) in [6.45, 7) is 6.02. The lowest BCUT2D eigenvalue weighted by atomic mass is 10.0. The molecule has 2 aromatic rings. The number of hydrogen-bond donors (Lipinski definition) is 0. The molecule has 3 rings (SSSR count). The standard InChI is InChI=1S/C17H23N3OS/c1-13(2)17-18-7-9-20(17)14-5-3-8-19(12-14)16(21)11-15-6-4-10-22-15/h4,6-7,9-10,13-14H,3,5,8,11-12H2,1-2H3. The van der Waals surface area contributed by atoms with Crippen molar-refractivity contribution >= 4 is 17.2 Å². The van der Waals surface area contributed by atoms with Gasteiger partial charge in [0.15, 0.2) is 0 Å². The second kappa shape index (κ2) is 6.65. The quantitative estimate of drug-likeness (QED) is 0.866. The van der Waals surface area contributed by atoms with Crippen LogP contribution in [0.2, 0.25) is 0 Å². The minimum atomic E-state index is 0.248. The van der Waals surface area contributed by atoms with E-state index < -0.39 is 0 Å². The molecule has 1 unspecified atom stereocenters. The van der Waals surface area contributed by atoms with Crippen molar-refractivity contribution in [2.24, 2.45) is 0 Å². The number of hydrogen-bond acceptors (Lipinski definition) is 3. The monoisotopic (exact) mass is 317 g/mol. The molecule has 22 heavy (non-hydrogen) atoms. The predicted molar refractivity (Wildman–Crippen MR) is 89.2 cm³/mol. The van der Waals surface area contributed by atoms with Gasteiger partial charge in [0.25, 0.3) is 0 Å². The number of aromatic nitrogens is 2. The number of likely N-dealkylation sites (tertiary alicyclic amines) is 1. The molecule has 0 radical (unpaired) electrons. The Kier molecular flexibility index (Phi) is 4.62. The summed E-state index contributed by atoms with van der Waals surface area (Å²) in [5.74, 6) is 1.78. The second-order valence-corrected chi connectivity index (χ2v) is 7.27. The predicted octanol–water partition coefficient (Wildman–Crippen LogP) is 3.47. The molecule has 0 saturated carbocycles. The number of piperidine rings is 1. The van der Waals surface area contributed by atoms with Gasteiger partial charge in [-0.1, -0.05) is 19.9 Å². The highest BCUT2D eigenvalue weighted by Crippen LogP contribution is 2.26. The average molecular weight is 317 g/mol. The van der Waals surface area contributed by atoms with Gasteiger partial charge in [0.2, 0.25) is 5.91 Å². The minimum absolute atomic E-state index is 0.248. The Morgan fingerprint density at radius 2 is 2.36 bits per heavy atom. The topological polar surface area (TPSA) is 38.1 Å². The summed E-state index contributed by atoms with van der Waals surface area (Å²) in [6.07, 6.45) is 6.66. The zero-order chi connectivity index (χ0) is 15.5. The number of rotatable bonds is 4. The highest BCUT2D eigenvalue weighted by atomic mass is 32.1. The van der Waals surface area contributed by atoms with Crippen molar-refractivity contribution in [1.29, 1.82) is 0 Å². The minimum Gasteiger partial charge on any atom is -0.340 e. The maximum atomic E-state index is 12.5. The van der Waals surface area contributed by atoms with E-state index >= 15 is 0 Å². The third-order valence-electron chi connectivity index (χ3n) is 4.26.